The smallest absolute Gasteiger partial charge is 0.325 e. The van der Waals surface area contributed by atoms with Gasteiger partial charge in [0.05, 0.1) is 13.2 Å². The van der Waals surface area contributed by atoms with E-state index >= 15 is 0 Å². The minimum Gasteiger partial charge on any atom is -0.465 e. The highest BCUT2D eigenvalue weighted by molar-refractivity contribution is 5.75. The molecule has 1 aromatic rings. The zero-order valence-corrected chi connectivity index (χ0v) is 13.4. The molecule has 1 fully saturated rings. The van der Waals surface area contributed by atoms with Crippen LogP contribution in [0.1, 0.15) is 38.7 Å². The highest BCUT2D eigenvalue weighted by Crippen LogP contribution is 2.25. The number of rotatable bonds is 8. The van der Waals surface area contributed by atoms with Crippen molar-refractivity contribution in [3.63, 3.8) is 0 Å². The summed E-state index contributed by atoms with van der Waals surface area (Å²) in [5, 5.41) is 1.68. The second kappa shape index (κ2) is 8.88. The zero-order chi connectivity index (χ0) is 15.8. The Bertz CT molecular complexity index is 451. The van der Waals surface area contributed by atoms with Crippen molar-refractivity contribution in [1.29, 1.82) is 0 Å². The number of ether oxygens (including phenoxy) is 2. The Kier molecular flexibility index (Phi) is 6.83. The largest absolute Gasteiger partial charge is 0.465 e. The molecule has 5 heteroatoms. The summed E-state index contributed by atoms with van der Waals surface area (Å²) in [6.45, 7) is 5.48. The maximum absolute atomic E-state index is 12.1. The van der Waals surface area contributed by atoms with Crippen LogP contribution < -0.4 is 0 Å². The molecule has 22 heavy (non-hydrogen) atoms. The fraction of sp³-hybridized carbons (Fsp3) is 0.588. The van der Waals surface area contributed by atoms with E-state index in [2.05, 4.69) is 6.92 Å². The van der Waals surface area contributed by atoms with Crippen molar-refractivity contribution in [2.75, 3.05) is 13.2 Å². The molecule has 1 heterocycles. The Hall–Kier alpha value is -1.43. The predicted molar refractivity (Wildman–Crippen MR) is 82.8 cm³/mol. The van der Waals surface area contributed by atoms with Gasteiger partial charge in [-0.1, -0.05) is 43.7 Å². The van der Waals surface area contributed by atoms with Crippen LogP contribution in [0.15, 0.2) is 30.3 Å². The molecular weight excluding hydrogens is 282 g/mol. The SMILES string of the molecule is CCCCO[C@@H]1C[C@H](C(=O)OCC)N(Cc2ccccc2)O1. The topological polar surface area (TPSA) is 48.0 Å². The molecule has 1 aliphatic rings. The van der Waals surface area contributed by atoms with Gasteiger partial charge in [-0.05, 0) is 18.9 Å². The van der Waals surface area contributed by atoms with Crippen LogP contribution in [0.4, 0.5) is 0 Å². The van der Waals surface area contributed by atoms with E-state index in [0.717, 1.165) is 18.4 Å². The van der Waals surface area contributed by atoms with Crippen molar-refractivity contribution < 1.29 is 19.1 Å². The third-order valence-electron chi connectivity index (χ3n) is 3.56. The van der Waals surface area contributed by atoms with Crippen molar-refractivity contribution in [3.8, 4) is 0 Å². The normalized spacial score (nSPS) is 21.9. The molecule has 2 atom stereocenters. The number of carbonyl (C=O) groups excluding carboxylic acids is 1. The number of esters is 1. The van der Waals surface area contributed by atoms with E-state index < -0.39 is 6.04 Å². The number of hydroxylamine groups is 2. The molecule has 0 radical (unpaired) electrons. The molecule has 122 valence electrons. The molecule has 1 aromatic carbocycles. The first-order valence-corrected chi connectivity index (χ1v) is 8.00. The van der Waals surface area contributed by atoms with Crippen LogP contribution in [0, 0.1) is 0 Å². The number of carbonyl (C=O) groups is 1. The summed E-state index contributed by atoms with van der Waals surface area (Å²) in [6.07, 6.45) is 2.20. The van der Waals surface area contributed by atoms with Crippen LogP contribution in [-0.4, -0.2) is 36.6 Å². The van der Waals surface area contributed by atoms with Gasteiger partial charge < -0.3 is 9.47 Å². The molecule has 0 unspecified atom stereocenters. The van der Waals surface area contributed by atoms with Gasteiger partial charge in [0, 0.05) is 13.0 Å². The minimum atomic E-state index is -0.410. The lowest BCUT2D eigenvalue weighted by Crippen LogP contribution is -2.36. The second-order valence-corrected chi connectivity index (χ2v) is 5.32. The summed E-state index contributed by atoms with van der Waals surface area (Å²) in [5.41, 5.74) is 1.09. The minimum absolute atomic E-state index is 0.250. The fourth-order valence-electron chi connectivity index (χ4n) is 2.39. The quantitative estimate of drug-likeness (QED) is 0.546. The lowest BCUT2D eigenvalue weighted by Gasteiger charge is -2.21. The molecule has 0 bridgehead atoms. The predicted octanol–water partition coefficient (Wildman–Crippen LogP) is 2.90. The van der Waals surface area contributed by atoms with Crippen molar-refractivity contribution in [2.45, 2.75) is 52.0 Å². The van der Waals surface area contributed by atoms with E-state index in [9.17, 15) is 4.79 Å². The Morgan fingerprint density at radius 3 is 2.77 bits per heavy atom. The van der Waals surface area contributed by atoms with Gasteiger partial charge in [-0.2, -0.15) is 5.06 Å². The average Bonchev–Trinajstić information content (AvgIpc) is 2.92. The van der Waals surface area contributed by atoms with Crippen molar-refractivity contribution in [2.24, 2.45) is 0 Å². The molecule has 0 aliphatic carbocycles. The Labute approximate surface area is 132 Å². The maximum Gasteiger partial charge on any atom is 0.325 e. The van der Waals surface area contributed by atoms with E-state index in [0.29, 0.717) is 26.2 Å². The highest BCUT2D eigenvalue weighted by Gasteiger charge is 2.39. The number of hydrogen-bond donors (Lipinski definition) is 0. The molecule has 0 spiro atoms. The van der Waals surface area contributed by atoms with E-state index in [1.165, 1.54) is 0 Å². The van der Waals surface area contributed by atoms with Gasteiger partial charge in [-0.25, -0.2) is 0 Å². The summed E-state index contributed by atoms with van der Waals surface area (Å²) in [6, 6.07) is 9.52. The second-order valence-electron chi connectivity index (χ2n) is 5.32. The average molecular weight is 307 g/mol. The Balaban J connectivity index is 1.98. The van der Waals surface area contributed by atoms with Crippen LogP contribution in [-0.2, 0) is 25.7 Å². The number of unbranched alkanes of at least 4 members (excludes halogenated alkanes) is 1. The van der Waals surface area contributed by atoms with E-state index in [1.54, 1.807) is 5.06 Å². The summed E-state index contributed by atoms with van der Waals surface area (Å²) in [4.78, 5) is 17.9. The number of nitrogens with zero attached hydrogens (tertiary/aromatic N) is 1. The monoisotopic (exact) mass is 307 g/mol. The van der Waals surface area contributed by atoms with Gasteiger partial charge in [0.1, 0.15) is 6.04 Å². The Morgan fingerprint density at radius 1 is 1.32 bits per heavy atom. The fourth-order valence-corrected chi connectivity index (χ4v) is 2.39. The lowest BCUT2D eigenvalue weighted by molar-refractivity contribution is -0.245. The van der Waals surface area contributed by atoms with Gasteiger partial charge in [0.15, 0.2) is 6.29 Å². The van der Waals surface area contributed by atoms with Gasteiger partial charge >= 0.3 is 5.97 Å². The molecule has 1 aliphatic heterocycles. The molecule has 0 N–H and O–H groups in total. The van der Waals surface area contributed by atoms with Crippen LogP contribution in [0.25, 0.3) is 0 Å². The molecule has 0 aromatic heterocycles. The highest BCUT2D eigenvalue weighted by atomic mass is 16.8. The first-order chi connectivity index (χ1) is 10.7. The van der Waals surface area contributed by atoms with E-state index in [4.69, 9.17) is 14.3 Å². The van der Waals surface area contributed by atoms with Crippen molar-refractivity contribution in [1.82, 2.24) is 5.06 Å². The Morgan fingerprint density at radius 2 is 2.09 bits per heavy atom. The van der Waals surface area contributed by atoms with E-state index in [-0.39, 0.29) is 12.3 Å². The summed E-state index contributed by atoms with van der Waals surface area (Å²) >= 11 is 0. The zero-order valence-electron chi connectivity index (χ0n) is 13.4. The third-order valence-corrected chi connectivity index (χ3v) is 3.56. The summed E-state index contributed by atoms with van der Waals surface area (Å²) < 4.78 is 10.8. The maximum atomic E-state index is 12.1. The number of benzene rings is 1. The van der Waals surface area contributed by atoms with Gasteiger partial charge in [-0.15, -0.1) is 0 Å². The number of hydrogen-bond acceptors (Lipinski definition) is 5. The molecular formula is C17H25NO4. The van der Waals surface area contributed by atoms with Crippen LogP contribution in [0.2, 0.25) is 0 Å². The van der Waals surface area contributed by atoms with Crippen molar-refractivity contribution >= 4 is 5.97 Å². The molecule has 0 amide bonds. The first kappa shape index (κ1) is 16.9. The molecule has 1 saturated heterocycles. The first-order valence-electron chi connectivity index (χ1n) is 8.00. The standard InChI is InChI=1S/C17H25NO4/c1-3-5-11-21-16-12-15(17(19)20-4-2)18(22-16)13-14-9-7-6-8-10-14/h6-10,15-16H,3-5,11-13H2,1-2H3/t15-,16+/m1/s1. The molecule has 0 saturated carbocycles. The summed E-state index contributed by atoms with van der Waals surface area (Å²) in [5.74, 6) is -0.250. The van der Waals surface area contributed by atoms with E-state index in [1.807, 2.05) is 37.3 Å². The van der Waals surface area contributed by atoms with Gasteiger partial charge in [0.2, 0.25) is 0 Å². The molecule has 5 nitrogen and oxygen atoms in total. The third kappa shape index (κ3) is 4.80. The van der Waals surface area contributed by atoms with Crippen LogP contribution in [0.5, 0.6) is 0 Å². The summed E-state index contributed by atoms with van der Waals surface area (Å²) in [7, 11) is 0. The van der Waals surface area contributed by atoms with Gasteiger partial charge in [0.25, 0.3) is 0 Å². The van der Waals surface area contributed by atoms with Gasteiger partial charge in [-0.3, -0.25) is 9.63 Å². The van der Waals surface area contributed by atoms with Crippen molar-refractivity contribution in [3.05, 3.63) is 35.9 Å². The molecule has 2 rings (SSSR count). The van der Waals surface area contributed by atoms with Crippen LogP contribution >= 0.6 is 0 Å². The lowest BCUT2D eigenvalue weighted by atomic mass is 10.1. The van der Waals surface area contributed by atoms with Crippen LogP contribution in [0.3, 0.4) is 0 Å².